The fraction of sp³-hybridized carbons (Fsp3) is 0.450. The van der Waals surface area contributed by atoms with Crippen molar-refractivity contribution in [3.63, 3.8) is 0 Å². The molecule has 1 aromatic carbocycles. The second-order valence-corrected chi connectivity index (χ2v) is 8.21. The van der Waals surface area contributed by atoms with E-state index in [0.717, 1.165) is 30.0 Å². The lowest BCUT2D eigenvalue weighted by atomic mass is 9.97. The Bertz CT molecular complexity index is 832. The summed E-state index contributed by atoms with van der Waals surface area (Å²) >= 11 is 1.48. The summed E-state index contributed by atoms with van der Waals surface area (Å²) in [5.41, 5.74) is 1.65. The molecule has 1 atom stereocenters. The lowest BCUT2D eigenvalue weighted by Crippen LogP contribution is -2.43. The molecule has 1 aliphatic rings. The molecular formula is C20H26N4O3S. The number of piperidine rings is 1. The third-order valence-corrected chi connectivity index (χ3v) is 5.84. The van der Waals surface area contributed by atoms with Crippen molar-refractivity contribution in [3.8, 4) is 5.75 Å². The number of thiazole rings is 1. The first-order valence-corrected chi connectivity index (χ1v) is 10.2. The van der Waals surface area contributed by atoms with Crippen LogP contribution in [0.2, 0.25) is 0 Å². The Balaban J connectivity index is 1.52. The molecule has 1 aliphatic heterocycles. The smallest absolute Gasteiger partial charge is 0.240 e. The molecule has 0 bridgehead atoms. The highest BCUT2D eigenvalue weighted by Gasteiger charge is 2.27. The maximum Gasteiger partial charge on any atom is 0.240 e. The number of nitrogens with one attached hydrogen (secondary N) is 2. The number of anilines is 2. The molecule has 1 fully saturated rings. The van der Waals surface area contributed by atoms with Crippen molar-refractivity contribution < 1.29 is 14.3 Å². The molecule has 0 spiro atoms. The van der Waals surface area contributed by atoms with Crippen LogP contribution < -0.4 is 15.4 Å². The van der Waals surface area contributed by atoms with Crippen LogP contribution in [0.5, 0.6) is 5.75 Å². The van der Waals surface area contributed by atoms with E-state index in [4.69, 9.17) is 4.74 Å². The number of ether oxygens (including phenoxy) is 1. The lowest BCUT2D eigenvalue weighted by molar-refractivity contribution is -0.123. The molecule has 0 saturated carbocycles. The standard InChI is InChI=1S/C20H26N4O3S/c1-13-14(2)28-20(21-13)23-18(25)12-24-9-5-6-15(11-24)19(26)22-16-7-4-8-17(10-16)27-3/h4,7-8,10,15H,5-6,9,11-12H2,1-3H3,(H,22,26)(H,21,23,25). The molecule has 2 amide bonds. The summed E-state index contributed by atoms with van der Waals surface area (Å²) in [6, 6.07) is 7.31. The highest BCUT2D eigenvalue weighted by Crippen LogP contribution is 2.23. The molecule has 2 N–H and O–H groups in total. The quantitative estimate of drug-likeness (QED) is 0.776. The van der Waals surface area contributed by atoms with E-state index in [1.54, 1.807) is 13.2 Å². The van der Waals surface area contributed by atoms with Gasteiger partial charge in [0.15, 0.2) is 5.13 Å². The molecule has 1 saturated heterocycles. The number of rotatable bonds is 6. The number of methoxy groups -OCH3 is 1. The summed E-state index contributed by atoms with van der Waals surface area (Å²) < 4.78 is 5.19. The van der Waals surface area contributed by atoms with Gasteiger partial charge >= 0.3 is 0 Å². The maximum absolute atomic E-state index is 12.6. The van der Waals surface area contributed by atoms with Gasteiger partial charge in [-0.2, -0.15) is 0 Å². The number of carbonyl (C=O) groups is 2. The highest BCUT2D eigenvalue weighted by molar-refractivity contribution is 7.15. The van der Waals surface area contributed by atoms with Crippen molar-refractivity contribution in [1.82, 2.24) is 9.88 Å². The Kier molecular flexibility index (Phi) is 6.64. The lowest BCUT2D eigenvalue weighted by Gasteiger charge is -2.31. The van der Waals surface area contributed by atoms with Gasteiger partial charge in [-0.1, -0.05) is 6.07 Å². The van der Waals surface area contributed by atoms with Crippen molar-refractivity contribution >= 4 is 34.0 Å². The molecule has 1 unspecified atom stereocenters. The largest absolute Gasteiger partial charge is 0.497 e. The summed E-state index contributed by atoms with van der Waals surface area (Å²) in [4.78, 5) is 32.5. The van der Waals surface area contributed by atoms with E-state index in [1.165, 1.54) is 11.3 Å². The van der Waals surface area contributed by atoms with Crippen LogP contribution in [0.25, 0.3) is 0 Å². The molecule has 2 heterocycles. The van der Waals surface area contributed by atoms with E-state index in [0.29, 0.717) is 23.1 Å². The summed E-state index contributed by atoms with van der Waals surface area (Å²) in [7, 11) is 1.60. The highest BCUT2D eigenvalue weighted by atomic mass is 32.1. The molecule has 8 heteroatoms. The Morgan fingerprint density at radius 3 is 2.86 bits per heavy atom. The van der Waals surface area contributed by atoms with Crippen LogP contribution in [0, 0.1) is 19.8 Å². The molecule has 2 aromatic rings. The van der Waals surface area contributed by atoms with E-state index >= 15 is 0 Å². The van der Waals surface area contributed by atoms with Gasteiger partial charge in [0.25, 0.3) is 0 Å². The zero-order valence-electron chi connectivity index (χ0n) is 16.4. The van der Waals surface area contributed by atoms with Crippen molar-refractivity contribution in [2.24, 2.45) is 5.92 Å². The molecule has 0 aliphatic carbocycles. The number of carbonyl (C=O) groups excluding carboxylic acids is 2. The van der Waals surface area contributed by atoms with Gasteiger partial charge in [0.05, 0.1) is 25.3 Å². The summed E-state index contributed by atoms with van der Waals surface area (Å²) in [6.07, 6.45) is 1.71. The fourth-order valence-corrected chi connectivity index (χ4v) is 4.08. The van der Waals surface area contributed by atoms with E-state index in [2.05, 4.69) is 15.6 Å². The molecule has 7 nitrogen and oxygen atoms in total. The normalized spacial score (nSPS) is 17.2. The zero-order valence-corrected chi connectivity index (χ0v) is 17.3. The Morgan fingerprint density at radius 1 is 1.32 bits per heavy atom. The number of nitrogens with zero attached hydrogens (tertiary/aromatic N) is 2. The topological polar surface area (TPSA) is 83.6 Å². The molecule has 28 heavy (non-hydrogen) atoms. The van der Waals surface area contributed by atoms with Gasteiger partial charge in [0, 0.05) is 23.2 Å². The number of aromatic nitrogens is 1. The first-order valence-electron chi connectivity index (χ1n) is 9.35. The Labute approximate surface area is 169 Å². The van der Waals surface area contributed by atoms with Crippen molar-refractivity contribution in [1.29, 1.82) is 0 Å². The van der Waals surface area contributed by atoms with Crippen LogP contribution in [0.4, 0.5) is 10.8 Å². The fourth-order valence-electron chi connectivity index (χ4n) is 3.25. The minimum absolute atomic E-state index is 0.0236. The molecule has 150 valence electrons. The number of hydrogen-bond donors (Lipinski definition) is 2. The van der Waals surface area contributed by atoms with Crippen molar-refractivity contribution in [2.75, 3.05) is 37.4 Å². The number of hydrogen-bond acceptors (Lipinski definition) is 6. The molecule has 3 rings (SSSR count). The van der Waals surface area contributed by atoms with Crippen LogP contribution in [0.3, 0.4) is 0 Å². The van der Waals surface area contributed by atoms with Gasteiger partial charge in [-0.15, -0.1) is 11.3 Å². The van der Waals surface area contributed by atoms with Gasteiger partial charge in [-0.3, -0.25) is 14.5 Å². The van der Waals surface area contributed by atoms with Crippen LogP contribution in [-0.4, -0.2) is 48.4 Å². The van der Waals surface area contributed by atoms with Gasteiger partial charge in [0.2, 0.25) is 11.8 Å². The number of aryl methyl sites for hydroxylation is 2. The van der Waals surface area contributed by atoms with Gasteiger partial charge in [-0.25, -0.2) is 4.98 Å². The summed E-state index contributed by atoms with van der Waals surface area (Å²) in [5, 5.41) is 6.44. The van der Waals surface area contributed by atoms with E-state index in [-0.39, 0.29) is 24.3 Å². The average molecular weight is 403 g/mol. The summed E-state index contributed by atoms with van der Waals surface area (Å²) in [5.74, 6) is 0.441. The average Bonchev–Trinajstić information content (AvgIpc) is 2.98. The minimum atomic E-state index is -0.142. The summed E-state index contributed by atoms with van der Waals surface area (Å²) in [6.45, 7) is 5.56. The first-order chi connectivity index (χ1) is 13.4. The Morgan fingerprint density at radius 2 is 2.14 bits per heavy atom. The number of amides is 2. The monoisotopic (exact) mass is 402 g/mol. The number of likely N-dealkylation sites (tertiary alicyclic amines) is 1. The van der Waals surface area contributed by atoms with Crippen LogP contribution in [-0.2, 0) is 9.59 Å². The van der Waals surface area contributed by atoms with Crippen molar-refractivity contribution in [3.05, 3.63) is 34.8 Å². The van der Waals surface area contributed by atoms with Gasteiger partial charge < -0.3 is 15.4 Å². The second kappa shape index (κ2) is 9.16. The molecular weight excluding hydrogens is 376 g/mol. The minimum Gasteiger partial charge on any atom is -0.497 e. The van der Waals surface area contributed by atoms with Crippen LogP contribution in [0.15, 0.2) is 24.3 Å². The van der Waals surface area contributed by atoms with E-state index < -0.39 is 0 Å². The predicted molar refractivity (Wildman–Crippen MR) is 111 cm³/mol. The maximum atomic E-state index is 12.6. The SMILES string of the molecule is COc1cccc(NC(=O)C2CCCN(CC(=O)Nc3nc(C)c(C)s3)C2)c1. The Hall–Kier alpha value is -2.45. The van der Waals surface area contributed by atoms with E-state index in [1.807, 2.05) is 36.9 Å². The van der Waals surface area contributed by atoms with Crippen LogP contribution in [0.1, 0.15) is 23.4 Å². The third-order valence-electron chi connectivity index (χ3n) is 4.86. The predicted octanol–water partition coefficient (Wildman–Crippen LogP) is 3.06. The third kappa shape index (κ3) is 5.30. The second-order valence-electron chi connectivity index (χ2n) is 7.00. The van der Waals surface area contributed by atoms with Crippen LogP contribution >= 0.6 is 11.3 Å². The van der Waals surface area contributed by atoms with Crippen molar-refractivity contribution in [2.45, 2.75) is 26.7 Å². The van der Waals surface area contributed by atoms with Gasteiger partial charge in [0.1, 0.15) is 5.75 Å². The zero-order chi connectivity index (χ0) is 20.1. The first kappa shape index (κ1) is 20.3. The van der Waals surface area contributed by atoms with Gasteiger partial charge in [-0.05, 0) is 45.4 Å². The molecule has 0 radical (unpaired) electrons. The number of benzene rings is 1. The molecule has 1 aromatic heterocycles. The van der Waals surface area contributed by atoms with E-state index in [9.17, 15) is 9.59 Å².